The van der Waals surface area contributed by atoms with Crippen molar-refractivity contribution in [3.63, 3.8) is 0 Å². The van der Waals surface area contributed by atoms with Gasteiger partial charge in [-0.3, -0.25) is 0 Å². The van der Waals surface area contributed by atoms with Gasteiger partial charge in [-0.1, -0.05) is 12.1 Å². The zero-order valence-electron chi connectivity index (χ0n) is 14.8. The molecule has 0 fully saturated rings. The summed E-state index contributed by atoms with van der Waals surface area (Å²) in [6.45, 7) is 0. The van der Waals surface area contributed by atoms with Crippen molar-refractivity contribution in [2.75, 3.05) is 14.2 Å². The number of carbonyl (C=O) groups is 2. The fraction of sp³-hybridized carbons (Fsp3) is 0.150. The van der Waals surface area contributed by atoms with E-state index in [1.54, 1.807) is 24.3 Å². The number of carbonyl (C=O) groups excluding carboxylic acids is 2. The van der Waals surface area contributed by atoms with Crippen molar-refractivity contribution in [3.8, 4) is 16.8 Å². The van der Waals surface area contributed by atoms with Crippen molar-refractivity contribution >= 4 is 11.9 Å². The molecule has 0 aliphatic carbocycles. The highest BCUT2D eigenvalue weighted by molar-refractivity contribution is 5.92. The Balaban J connectivity index is 2.11. The van der Waals surface area contributed by atoms with Gasteiger partial charge in [0.25, 0.3) is 0 Å². The lowest BCUT2D eigenvalue weighted by Crippen LogP contribution is -2.23. The molecule has 0 aliphatic rings. The highest BCUT2D eigenvalue weighted by atomic mass is 16.5. The molecule has 6 nitrogen and oxygen atoms in total. The number of imidazole rings is 1. The van der Waals surface area contributed by atoms with Gasteiger partial charge in [0.15, 0.2) is 0 Å². The number of aromatic nitrogens is 2. The lowest BCUT2D eigenvalue weighted by atomic mass is 10.00. The van der Waals surface area contributed by atoms with Crippen LogP contribution in [0.5, 0.6) is 0 Å². The maximum Gasteiger partial charge on any atom is 0.338 e. The predicted octanol–water partition coefficient (Wildman–Crippen LogP) is 2.54. The molecular weight excluding hydrogens is 332 g/mol. The zero-order valence-corrected chi connectivity index (χ0v) is 14.8. The van der Waals surface area contributed by atoms with Crippen LogP contribution in [0.25, 0.3) is 16.8 Å². The highest BCUT2D eigenvalue weighted by Gasteiger charge is 2.17. The summed E-state index contributed by atoms with van der Waals surface area (Å²) in [4.78, 5) is 23.5. The van der Waals surface area contributed by atoms with Crippen LogP contribution >= 0.6 is 0 Å². The van der Waals surface area contributed by atoms with Crippen LogP contribution in [0.2, 0.25) is 0 Å². The number of hydrogen-bond donors (Lipinski definition) is 0. The average Bonchev–Trinajstić information content (AvgIpc) is 3.12. The largest absolute Gasteiger partial charge is 0.465 e. The van der Waals surface area contributed by atoms with E-state index in [2.05, 4.69) is 0 Å². The molecule has 132 valence electrons. The molecule has 1 heterocycles. The molecule has 0 N–H and O–H groups in total. The molecule has 0 aliphatic heterocycles. The SMILES string of the molecule is COC(=O)c1ccc(-c2ccc(C(=O)OC)cc2-n2cc[n+](C)c2)cc1. The first-order valence-corrected chi connectivity index (χ1v) is 7.98. The first-order chi connectivity index (χ1) is 12.5. The summed E-state index contributed by atoms with van der Waals surface area (Å²) in [5.41, 5.74) is 3.62. The van der Waals surface area contributed by atoms with Crippen LogP contribution in [0.3, 0.4) is 0 Å². The summed E-state index contributed by atoms with van der Waals surface area (Å²) in [5, 5.41) is 0. The minimum absolute atomic E-state index is 0.379. The summed E-state index contributed by atoms with van der Waals surface area (Å²) in [6.07, 6.45) is 5.72. The smallest absolute Gasteiger partial charge is 0.338 e. The Bertz CT molecular complexity index is 958. The number of esters is 2. The van der Waals surface area contributed by atoms with E-state index in [1.807, 2.05) is 53.1 Å². The molecular formula is C20H19N2O4+. The minimum Gasteiger partial charge on any atom is -0.465 e. The Morgan fingerprint density at radius 1 is 0.923 bits per heavy atom. The van der Waals surface area contributed by atoms with E-state index in [0.29, 0.717) is 11.1 Å². The maximum atomic E-state index is 11.9. The summed E-state index contributed by atoms with van der Waals surface area (Å²) < 4.78 is 13.4. The predicted molar refractivity (Wildman–Crippen MR) is 95.1 cm³/mol. The van der Waals surface area contributed by atoms with E-state index in [9.17, 15) is 9.59 Å². The van der Waals surface area contributed by atoms with Crippen LogP contribution in [0, 0.1) is 0 Å². The van der Waals surface area contributed by atoms with Crippen LogP contribution in [0.1, 0.15) is 20.7 Å². The number of benzene rings is 2. The van der Waals surface area contributed by atoms with Gasteiger partial charge in [0.1, 0.15) is 18.1 Å². The van der Waals surface area contributed by atoms with Crippen LogP contribution < -0.4 is 4.57 Å². The normalized spacial score (nSPS) is 10.4. The third kappa shape index (κ3) is 3.35. The van der Waals surface area contributed by atoms with E-state index in [0.717, 1.165) is 16.8 Å². The van der Waals surface area contributed by atoms with Crippen LogP contribution in [0.15, 0.2) is 61.2 Å². The lowest BCUT2D eigenvalue weighted by Gasteiger charge is -2.09. The molecule has 26 heavy (non-hydrogen) atoms. The highest BCUT2D eigenvalue weighted by Crippen LogP contribution is 2.28. The number of methoxy groups -OCH3 is 2. The third-order valence-corrected chi connectivity index (χ3v) is 4.08. The first kappa shape index (κ1) is 17.4. The van der Waals surface area contributed by atoms with E-state index < -0.39 is 5.97 Å². The molecule has 3 rings (SSSR count). The van der Waals surface area contributed by atoms with Gasteiger partial charge >= 0.3 is 11.9 Å². The molecule has 0 bridgehead atoms. The molecule has 3 aromatic rings. The Hall–Kier alpha value is -3.41. The lowest BCUT2D eigenvalue weighted by molar-refractivity contribution is -0.670. The molecule has 0 saturated heterocycles. The van der Waals surface area contributed by atoms with Crippen molar-refractivity contribution in [3.05, 3.63) is 72.3 Å². The first-order valence-electron chi connectivity index (χ1n) is 7.98. The number of ether oxygens (including phenoxy) is 2. The summed E-state index contributed by atoms with van der Waals surface area (Å²) in [5.74, 6) is -0.773. The number of aryl methyl sites for hydroxylation is 1. The van der Waals surface area contributed by atoms with Crippen molar-refractivity contribution in [1.29, 1.82) is 0 Å². The quantitative estimate of drug-likeness (QED) is 0.535. The van der Waals surface area contributed by atoms with Gasteiger partial charge in [0, 0.05) is 11.6 Å². The van der Waals surface area contributed by atoms with Gasteiger partial charge in [-0.25, -0.2) is 18.7 Å². The second-order valence-corrected chi connectivity index (χ2v) is 5.78. The Morgan fingerprint density at radius 2 is 1.54 bits per heavy atom. The number of rotatable bonds is 4. The molecule has 0 atom stereocenters. The standard InChI is InChI=1S/C20H19N2O4/c1-21-10-11-22(13-21)18-12-16(20(24)26-3)8-9-17(18)14-4-6-15(7-5-14)19(23)25-2/h4-13H,1-3H3/q+1. The molecule has 0 radical (unpaired) electrons. The van der Waals surface area contributed by atoms with Gasteiger partial charge in [0.2, 0.25) is 6.33 Å². The second-order valence-electron chi connectivity index (χ2n) is 5.78. The maximum absolute atomic E-state index is 11.9. The number of nitrogens with zero attached hydrogens (tertiary/aromatic N) is 2. The van der Waals surface area contributed by atoms with Gasteiger partial charge in [-0.2, -0.15) is 0 Å². The number of hydrogen-bond acceptors (Lipinski definition) is 4. The molecule has 6 heteroatoms. The molecule has 0 unspecified atom stereocenters. The fourth-order valence-corrected chi connectivity index (χ4v) is 2.73. The third-order valence-electron chi connectivity index (χ3n) is 4.08. The minimum atomic E-state index is -0.393. The molecule has 1 aromatic heterocycles. The Kier molecular flexibility index (Phi) is 4.84. The molecule has 0 amide bonds. The van der Waals surface area contributed by atoms with E-state index in [-0.39, 0.29) is 5.97 Å². The van der Waals surface area contributed by atoms with Gasteiger partial charge < -0.3 is 9.47 Å². The monoisotopic (exact) mass is 351 g/mol. The fourth-order valence-electron chi connectivity index (χ4n) is 2.73. The average molecular weight is 351 g/mol. The molecule has 2 aromatic carbocycles. The summed E-state index contributed by atoms with van der Waals surface area (Å²) >= 11 is 0. The Morgan fingerprint density at radius 3 is 2.12 bits per heavy atom. The van der Waals surface area contributed by atoms with Crippen LogP contribution in [-0.4, -0.2) is 30.7 Å². The van der Waals surface area contributed by atoms with Gasteiger partial charge in [0.05, 0.1) is 32.4 Å². The van der Waals surface area contributed by atoms with E-state index in [1.165, 1.54) is 14.2 Å². The van der Waals surface area contributed by atoms with Crippen molar-refractivity contribution < 1.29 is 23.6 Å². The summed E-state index contributed by atoms with van der Waals surface area (Å²) in [6, 6.07) is 12.5. The second kappa shape index (κ2) is 7.23. The van der Waals surface area contributed by atoms with E-state index in [4.69, 9.17) is 9.47 Å². The van der Waals surface area contributed by atoms with Gasteiger partial charge in [-0.15, -0.1) is 0 Å². The topological polar surface area (TPSA) is 61.4 Å². The molecule has 0 saturated carbocycles. The zero-order chi connectivity index (χ0) is 18.7. The van der Waals surface area contributed by atoms with Crippen LogP contribution in [0.4, 0.5) is 0 Å². The van der Waals surface area contributed by atoms with Crippen molar-refractivity contribution in [2.24, 2.45) is 7.05 Å². The van der Waals surface area contributed by atoms with Crippen molar-refractivity contribution in [2.45, 2.75) is 0 Å². The van der Waals surface area contributed by atoms with Crippen LogP contribution in [-0.2, 0) is 16.5 Å². The van der Waals surface area contributed by atoms with E-state index >= 15 is 0 Å². The van der Waals surface area contributed by atoms with Crippen molar-refractivity contribution in [1.82, 2.24) is 4.57 Å². The van der Waals surface area contributed by atoms with Gasteiger partial charge in [-0.05, 0) is 29.8 Å². The summed E-state index contributed by atoms with van der Waals surface area (Å²) in [7, 11) is 4.63. The Labute approximate surface area is 151 Å². The molecule has 0 spiro atoms.